The third-order valence-electron chi connectivity index (χ3n) is 5.00. The van der Waals surface area contributed by atoms with Gasteiger partial charge in [0.1, 0.15) is 0 Å². The van der Waals surface area contributed by atoms with Crippen molar-refractivity contribution in [2.75, 3.05) is 0 Å². The molecule has 3 aliphatic heterocycles. The average Bonchev–Trinajstić information content (AvgIpc) is 2.99. The number of hydrogen-bond acceptors (Lipinski definition) is 3. The molecular weight excluding hydrogens is 266 g/mol. The fourth-order valence-corrected chi connectivity index (χ4v) is 4.01. The lowest BCUT2D eigenvalue weighted by Gasteiger charge is -2.25. The maximum absolute atomic E-state index is 12.7. The molecule has 21 heavy (non-hydrogen) atoms. The van der Waals surface area contributed by atoms with Crippen LogP contribution < -0.4 is 0 Å². The van der Waals surface area contributed by atoms with Crippen LogP contribution >= 0.6 is 0 Å². The van der Waals surface area contributed by atoms with E-state index >= 15 is 0 Å². The first kappa shape index (κ1) is 12.8. The number of hydrogen-bond donors (Lipinski definition) is 0. The number of likely N-dealkylation sites (tertiary alicyclic amines) is 1. The lowest BCUT2D eigenvalue weighted by atomic mass is 9.73. The van der Waals surface area contributed by atoms with E-state index in [0.29, 0.717) is 6.54 Å². The fraction of sp³-hybridized carbons (Fsp3) is 0.412. The Labute approximate surface area is 123 Å². The number of ether oxygens (including phenoxy) is 1. The zero-order chi connectivity index (χ0) is 14.8. The van der Waals surface area contributed by atoms with E-state index in [2.05, 4.69) is 0 Å². The molecule has 4 nitrogen and oxygen atoms in total. The second-order valence-corrected chi connectivity index (χ2v) is 6.51. The van der Waals surface area contributed by atoms with Crippen molar-refractivity contribution in [1.29, 1.82) is 0 Å². The molecule has 4 rings (SSSR count). The van der Waals surface area contributed by atoms with Crippen LogP contribution in [0.5, 0.6) is 0 Å². The summed E-state index contributed by atoms with van der Waals surface area (Å²) in [5, 5.41) is 0. The maximum Gasteiger partial charge on any atom is 0.236 e. The van der Waals surface area contributed by atoms with Crippen LogP contribution in [-0.2, 0) is 20.9 Å². The van der Waals surface area contributed by atoms with Crippen LogP contribution in [0.15, 0.2) is 42.5 Å². The number of fused-ring (bicyclic) bond motifs is 5. The molecule has 0 saturated carbocycles. The first-order chi connectivity index (χ1) is 9.95. The van der Waals surface area contributed by atoms with Gasteiger partial charge >= 0.3 is 0 Å². The monoisotopic (exact) mass is 283 g/mol. The smallest absolute Gasteiger partial charge is 0.236 e. The Kier molecular flexibility index (Phi) is 2.33. The molecular formula is C17H17NO3. The minimum Gasteiger partial charge on any atom is -0.359 e. The minimum absolute atomic E-state index is 0.107. The number of carbonyl (C=O) groups is 2. The summed E-state index contributed by atoms with van der Waals surface area (Å²) < 4.78 is 5.97. The van der Waals surface area contributed by atoms with Gasteiger partial charge < -0.3 is 4.74 Å². The molecule has 2 bridgehead atoms. The second kappa shape index (κ2) is 3.83. The molecule has 0 radical (unpaired) electrons. The topological polar surface area (TPSA) is 46.6 Å². The number of nitrogens with zero attached hydrogens (tertiary/aromatic N) is 1. The lowest BCUT2D eigenvalue weighted by molar-refractivity contribution is -0.146. The van der Waals surface area contributed by atoms with Gasteiger partial charge in [0.2, 0.25) is 11.8 Å². The van der Waals surface area contributed by atoms with Gasteiger partial charge in [0.25, 0.3) is 0 Å². The second-order valence-electron chi connectivity index (χ2n) is 6.51. The molecule has 4 atom stereocenters. The molecule has 0 unspecified atom stereocenters. The van der Waals surface area contributed by atoms with Crippen molar-refractivity contribution >= 4 is 11.8 Å². The van der Waals surface area contributed by atoms with Crippen molar-refractivity contribution in [3.8, 4) is 0 Å². The number of amides is 2. The van der Waals surface area contributed by atoms with Gasteiger partial charge in [-0.05, 0) is 19.4 Å². The Hall–Kier alpha value is -1.94. The van der Waals surface area contributed by atoms with Crippen molar-refractivity contribution in [2.24, 2.45) is 11.8 Å². The van der Waals surface area contributed by atoms with Gasteiger partial charge in [0, 0.05) is 0 Å². The molecule has 0 aromatic heterocycles. The third-order valence-corrected chi connectivity index (χ3v) is 5.00. The summed E-state index contributed by atoms with van der Waals surface area (Å²) in [7, 11) is 0. The number of imide groups is 1. The zero-order valence-electron chi connectivity index (χ0n) is 12.1. The van der Waals surface area contributed by atoms with Gasteiger partial charge in [-0.25, -0.2) is 0 Å². The van der Waals surface area contributed by atoms with Crippen molar-refractivity contribution in [2.45, 2.75) is 31.6 Å². The van der Waals surface area contributed by atoms with Crippen LogP contribution in [0.25, 0.3) is 0 Å². The molecule has 3 heterocycles. The minimum atomic E-state index is -0.641. The van der Waals surface area contributed by atoms with E-state index in [0.717, 1.165) is 5.56 Å². The first-order valence-corrected chi connectivity index (χ1v) is 7.24. The van der Waals surface area contributed by atoms with Gasteiger partial charge in [-0.1, -0.05) is 42.5 Å². The van der Waals surface area contributed by atoms with E-state index in [9.17, 15) is 9.59 Å². The quantitative estimate of drug-likeness (QED) is 0.615. The molecule has 2 amide bonds. The standard InChI is InChI=1S/C17H17NO3/c1-16-8-9-17(2,21-16)13-12(16)14(19)18(15(13)20)10-11-6-4-3-5-7-11/h3-9,12-13H,10H2,1-2H3/t12-,13+,16+,17-. The summed E-state index contributed by atoms with van der Waals surface area (Å²) in [6.07, 6.45) is 3.87. The molecule has 108 valence electrons. The molecule has 1 aromatic rings. The van der Waals surface area contributed by atoms with Gasteiger partial charge in [-0.15, -0.1) is 0 Å². The summed E-state index contributed by atoms with van der Waals surface area (Å²) in [6, 6.07) is 9.62. The summed E-state index contributed by atoms with van der Waals surface area (Å²) in [5.74, 6) is -0.985. The van der Waals surface area contributed by atoms with Crippen LogP contribution in [-0.4, -0.2) is 27.9 Å². The van der Waals surface area contributed by atoms with Crippen LogP contribution in [0.3, 0.4) is 0 Å². The van der Waals surface area contributed by atoms with Gasteiger partial charge in [-0.3, -0.25) is 14.5 Å². The van der Waals surface area contributed by atoms with E-state index in [1.165, 1.54) is 4.90 Å². The highest BCUT2D eigenvalue weighted by Crippen LogP contribution is 2.57. The molecule has 0 aliphatic carbocycles. The zero-order valence-corrected chi connectivity index (χ0v) is 12.1. The van der Waals surface area contributed by atoms with Gasteiger partial charge in [-0.2, -0.15) is 0 Å². The number of carbonyl (C=O) groups excluding carboxylic acids is 2. The van der Waals surface area contributed by atoms with E-state index in [4.69, 9.17) is 4.74 Å². The van der Waals surface area contributed by atoms with Crippen molar-refractivity contribution in [3.63, 3.8) is 0 Å². The Balaban J connectivity index is 1.69. The molecule has 3 aliphatic rings. The van der Waals surface area contributed by atoms with Crippen LogP contribution in [0.1, 0.15) is 19.4 Å². The molecule has 4 heteroatoms. The van der Waals surface area contributed by atoms with Crippen molar-refractivity contribution in [1.82, 2.24) is 4.90 Å². The van der Waals surface area contributed by atoms with E-state index < -0.39 is 11.2 Å². The van der Waals surface area contributed by atoms with Crippen LogP contribution in [0.2, 0.25) is 0 Å². The molecule has 2 saturated heterocycles. The van der Waals surface area contributed by atoms with Gasteiger partial charge in [0.05, 0.1) is 29.6 Å². The molecule has 0 N–H and O–H groups in total. The largest absolute Gasteiger partial charge is 0.359 e. The molecule has 0 spiro atoms. The van der Waals surface area contributed by atoms with Crippen LogP contribution in [0.4, 0.5) is 0 Å². The number of benzene rings is 1. The predicted octanol–water partition coefficient (Wildman–Crippen LogP) is 1.91. The lowest BCUT2D eigenvalue weighted by Crippen LogP contribution is -2.39. The SMILES string of the molecule is C[C@]12C=C[C@](C)(O1)[C@H]1C(=O)N(Cc3ccccc3)C(=O)[C@H]12. The Morgan fingerprint density at radius 2 is 1.52 bits per heavy atom. The van der Waals surface area contributed by atoms with E-state index in [1.807, 2.05) is 56.3 Å². The highest BCUT2D eigenvalue weighted by Gasteiger charge is 2.70. The normalized spacial score (nSPS) is 40.2. The summed E-state index contributed by atoms with van der Waals surface area (Å²) >= 11 is 0. The Morgan fingerprint density at radius 1 is 1.00 bits per heavy atom. The average molecular weight is 283 g/mol. The molecule has 2 fully saturated rings. The maximum atomic E-state index is 12.7. The first-order valence-electron chi connectivity index (χ1n) is 7.24. The van der Waals surface area contributed by atoms with Crippen molar-refractivity contribution in [3.05, 3.63) is 48.0 Å². The van der Waals surface area contributed by atoms with E-state index in [-0.39, 0.29) is 23.7 Å². The van der Waals surface area contributed by atoms with Gasteiger partial charge in [0.15, 0.2) is 0 Å². The van der Waals surface area contributed by atoms with Crippen LogP contribution in [0, 0.1) is 11.8 Å². The Morgan fingerprint density at radius 3 is 2.05 bits per heavy atom. The van der Waals surface area contributed by atoms with E-state index in [1.54, 1.807) is 0 Å². The summed E-state index contributed by atoms with van der Waals surface area (Å²) in [5.41, 5.74) is -0.314. The fourth-order valence-electron chi connectivity index (χ4n) is 4.01. The highest BCUT2D eigenvalue weighted by molar-refractivity contribution is 6.07. The van der Waals surface area contributed by atoms with Crippen molar-refractivity contribution < 1.29 is 14.3 Å². The summed E-state index contributed by atoms with van der Waals surface area (Å²) in [6.45, 7) is 4.14. The number of rotatable bonds is 2. The predicted molar refractivity (Wildman–Crippen MR) is 76.0 cm³/mol. The molecule has 1 aromatic carbocycles. The summed E-state index contributed by atoms with van der Waals surface area (Å²) in [4.78, 5) is 26.9. The third kappa shape index (κ3) is 1.54. The Bertz CT molecular complexity index is 632. The highest BCUT2D eigenvalue weighted by atomic mass is 16.5.